The van der Waals surface area contributed by atoms with E-state index in [4.69, 9.17) is 0 Å². The fraction of sp³-hybridized carbons (Fsp3) is 0.286. The zero-order chi connectivity index (χ0) is 15.9. The number of hydrogen-bond donors (Lipinski definition) is 2. The number of aliphatic imine (C=N–C) groups is 1. The van der Waals surface area contributed by atoms with Gasteiger partial charge in [0.05, 0.1) is 5.69 Å². The van der Waals surface area contributed by atoms with Gasteiger partial charge in [0.1, 0.15) is 0 Å². The van der Waals surface area contributed by atoms with Crippen molar-refractivity contribution in [3.05, 3.63) is 23.6 Å². The van der Waals surface area contributed by atoms with Gasteiger partial charge in [-0.2, -0.15) is 0 Å². The number of hydrogen-bond acceptors (Lipinski definition) is 7. The molecule has 0 saturated heterocycles. The van der Waals surface area contributed by atoms with Crippen molar-refractivity contribution in [3.63, 3.8) is 0 Å². The summed E-state index contributed by atoms with van der Waals surface area (Å²) in [5.41, 5.74) is 1.34. The second kappa shape index (κ2) is 5.34. The summed E-state index contributed by atoms with van der Waals surface area (Å²) in [4.78, 5) is 8.75. The third-order valence-corrected chi connectivity index (χ3v) is 4.08. The monoisotopic (exact) mass is 338 g/mol. The van der Waals surface area contributed by atoms with Gasteiger partial charge in [-0.3, -0.25) is 4.99 Å². The fourth-order valence-corrected chi connectivity index (χ4v) is 3.01. The molecule has 0 bridgehead atoms. The van der Waals surface area contributed by atoms with E-state index in [9.17, 15) is 8.78 Å². The van der Waals surface area contributed by atoms with Crippen LogP contribution in [-0.4, -0.2) is 30.3 Å². The molecule has 0 amide bonds. The number of nitrogens with one attached hydrogen (secondary N) is 2. The third kappa shape index (κ3) is 2.91. The van der Waals surface area contributed by atoms with Crippen LogP contribution in [0.15, 0.2) is 28.6 Å². The number of anilines is 1. The molecule has 9 heteroatoms. The Kier molecular flexibility index (Phi) is 3.29. The van der Waals surface area contributed by atoms with E-state index in [1.54, 1.807) is 6.07 Å². The average molecular weight is 338 g/mol. The predicted octanol–water partition coefficient (Wildman–Crippen LogP) is 2.89. The Hall–Kier alpha value is -2.42. The molecule has 0 saturated carbocycles. The molecule has 1 aromatic heterocycles. The smallest absolute Gasteiger partial charge is 0.395 e. The maximum absolute atomic E-state index is 13.0. The molecule has 1 aromatic carbocycles. The Morgan fingerprint density at radius 1 is 1.26 bits per heavy atom. The number of halogens is 2. The van der Waals surface area contributed by atoms with E-state index in [-0.39, 0.29) is 11.5 Å². The zero-order valence-corrected chi connectivity index (χ0v) is 12.6. The van der Waals surface area contributed by atoms with E-state index < -0.39 is 6.29 Å². The van der Waals surface area contributed by atoms with Gasteiger partial charge in [-0.15, -0.1) is 20.1 Å². The zero-order valence-electron chi connectivity index (χ0n) is 11.8. The van der Waals surface area contributed by atoms with E-state index >= 15 is 0 Å². The molecule has 2 aliphatic heterocycles. The van der Waals surface area contributed by atoms with Crippen LogP contribution in [0.5, 0.6) is 11.5 Å². The third-order valence-electron chi connectivity index (χ3n) is 3.32. The van der Waals surface area contributed by atoms with Crippen LogP contribution in [0.1, 0.15) is 6.42 Å². The van der Waals surface area contributed by atoms with Crippen LogP contribution >= 0.6 is 11.3 Å². The quantitative estimate of drug-likeness (QED) is 0.881. The number of alkyl halides is 2. The van der Waals surface area contributed by atoms with Crippen molar-refractivity contribution in [2.75, 3.05) is 18.4 Å². The second-order valence-corrected chi connectivity index (χ2v) is 5.86. The maximum Gasteiger partial charge on any atom is 0.586 e. The van der Waals surface area contributed by atoms with Crippen molar-refractivity contribution in [3.8, 4) is 22.8 Å². The minimum absolute atomic E-state index is 0.00771. The molecule has 3 heterocycles. The highest BCUT2D eigenvalue weighted by molar-refractivity contribution is 7.14. The van der Waals surface area contributed by atoms with Crippen LogP contribution in [0.25, 0.3) is 11.3 Å². The fourth-order valence-electron chi connectivity index (χ4n) is 2.29. The lowest BCUT2D eigenvalue weighted by molar-refractivity contribution is -0.286. The standard InChI is InChI=1S/C14H12F2N4O2S/c15-14(16)21-10-3-2-8(6-11(10)22-14)9-7-23-13(19-9)20-12-17-4-1-5-18-12/h2-3,6-7H,1,4-5H2,(H2,17,18,19,20). The van der Waals surface area contributed by atoms with Crippen molar-refractivity contribution >= 4 is 22.4 Å². The van der Waals surface area contributed by atoms with Gasteiger partial charge in [-0.1, -0.05) is 0 Å². The van der Waals surface area contributed by atoms with Crippen LogP contribution < -0.4 is 20.1 Å². The Morgan fingerprint density at radius 2 is 2.13 bits per heavy atom. The number of fused-ring (bicyclic) bond motifs is 1. The van der Waals surface area contributed by atoms with Crippen molar-refractivity contribution < 1.29 is 18.3 Å². The summed E-state index contributed by atoms with van der Waals surface area (Å²) < 4.78 is 34.9. The molecule has 0 atom stereocenters. The molecule has 120 valence electrons. The first-order valence-corrected chi connectivity index (χ1v) is 7.88. The molecule has 2 aromatic rings. The molecule has 0 fully saturated rings. The normalized spacial score (nSPS) is 18.3. The average Bonchev–Trinajstić information content (AvgIpc) is 3.10. The lowest BCUT2D eigenvalue weighted by Crippen LogP contribution is -2.35. The van der Waals surface area contributed by atoms with Crippen LogP contribution in [-0.2, 0) is 0 Å². The number of benzene rings is 1. The number of ether oxygens (including phenoxy) is 2. The molecule has 23 heavy (non-hydrogen) atoms. The van der Waals surface area contributed by atoms with Gasteiger partial charge in [-0.25, -0.2) is 4.98 Å². The summed E-state index contributed by atoms with van der Waals surface area (Å²) in [5.74, 6) is 0.726. The molecular weight excluding hydrogens is 326 g/mol. The Morgan fingerprint density at radius 3 is 2.96 bits per heavy atom. The predicted molar refractivity (Wildman–Crippen MR) is 82.3 cm³/mol. The maximum atomic E-state index is 13.0. The van der Waals surface area contributed by atoms with Gasteiger partial charge in [0.25, 0.3) is 0 Å². The molecule has 0 spiro atoms. The molecule has 6 nitrogen and oxygen atoms in total. The largest absolute Gasteiger partial charge is 0.586 e. The Balaban J connectivity index is 1.54. The highest BCUT2D eigenvalue weighted by atomic mass is 32.1. The number of rotatable bonds is 2. The summed E-state index contributed by atoms with van der Waals surface area (Å²) in [6.07, 6.45) is -2.60. The van der Waals surface area contributed by atoms with Crippen molar-refractivity contribution in [2.24, 2.45) is 4.99 Å². The molecule has 0 aliphatic carbocycles. The number of nitrogens with zero attached hydrogens (tertiary/aromatic N) is 2. The number of guanidine groups is 1. The lowest BCUT2D eigenvalue weighted by Gasteiger charge is -2.14. The summed E-state index contributed by atoms with van der Waals surface area (Å²) in [7, 11) is 0. The Bertz CT molecular complexity index is 778. The van der Waals surface area contributed by atoms with Gasteiger partial charge < -0.3 is 20.1 Å². The van der Waals surface area contributed by atoms with E-state index in [1.807, 2.05) is 5.38 Å². The molecule has 2 aliphatic rings. The van der Waals surface area contributed by atoms with Gasteiger partial charge >= 0.3 is 6.29 Å². The van der Waals surface area contributed by atoms with Crippen LogP contribution in [0.3, 0.4) is 0 Å². The van der Waals surface area contributed by atoms with Crippen LogP contribution in [0.4, 0.5) is 13.9 Å². The van der Waals surface area contributed by atoms with E-state index in [2.05, 4.69) is 30.1 Å². The first-order chi connectivity index (χ1) is 11.1. The van der Waals surface area contributed by atoms with Gasteiger partial charge in [0.15, 0.2) is 22.6 Å². The van der Waals surface area contributed by atoms with E-state index in [1.165, 1.54) is 23.5 Å². The summed E-state index contributed by atoms with van der Waals surface area (Å²) in [5, 5.41) is 8.76. The molecule has 0 unspecified atom stereocenters. The van der Waals surface area contributed by atoms with E-state index in [0.717, 1.165) is 19.5 Å². The summed E-state index contributed by atoms with van der Waals surface area (Å²) in [6.45, 7) is 1.66. The second-order valence-electron chi connectivity index (χ2n) is 5.00. The first kappa shape index (κ1) is 14.2. The van der Waals surface area contributed by atoms with Gasteiger partial charge in [-0.05, 0) is 24.6 Å². The SMILES string of the molecule is FC1(F)Oc2ccc(-c3csc(NC4=NCCCN4)n3)cc2O1. The summed E-state index contributed by atoms with van der Waals surface area (Å²) in [6, 6.07) is 4.61. The number of thiazole rings is 1. The molecule has 2 N–H and O–H groups in total. The van der Waals surface area contributed by atoms with Crippen molar-refractivity contribution in [1.29, 1.82) is 0 Å². The van der Waals surface area contributed by atoms with Crippen LogP contribution in [0.2, 0.25) is 0 Å². The van der Waals surface area contributed by atoms with Crippen LogP contribution in [0, 0.1) is 0 Å². The van der Waals surface area contributed by atoms with Gasteiger partial charge in [0.2, 0.25) is 0 Å². The highest BCUT2D eigenvalue weighted by Crippen LogP contribution is 2.43. The molecular formula is C14H12F2N4O2S. The minimum atomic E-state index is -3.61. The lowest BCUT2D eigenvalue weighted by atomic mass is 10.1. The van der Waals surface area contributed by atoms with Crippen molar-refractivity contribution in [1.82, 2.24) is 10.3 Å². The van der Waals surface area contributed by atoms with Gasteiger partial charge in [0, 0.05) is 24.0 Å². The first-order valence-electron chi connectivity index (χ1n) is 7.00. The topological polar surface area (TPSA) is 67.8 Å². The molecule has 0 radical (unpaired) electrons. The number of aromatic nitrogens is 1. The Labute approximate surface area is 134 Å². The minimum Gasteiger partial charge on any atom is -0.395 e. The summed E-state index contributed by atoms with van der Waals surface area (Å²) >= 11 is 1.41. The highest BCUT2D eigenvalue weighted by Gasteiger charge is 2.43. The molecule has 4 rings (SSSR count). The van der Waals surface area contributed by atoms with E-state index in [0.29, 0.717) is 22.3 Å². The van der Waals surface area contributed by atoms with Crippen molar-refractivity contribution in [2.45, 2.75) is 12.7 Å².